The number of carbonyl (C=O) groups excluding carboxylic acids is 2. The molecule has 142 valence electrons. The lowest BCUT2D eigenvalue weighted by molar-refractivity contribution is -0.153. The molecule has 0 bridgehead atoms. The van der Waals surface area contributed by atoms with E-state index >= 15 is 0 Å². The number of piperidine rings is 1. The average molecular weight is 363 g/mol. The minimum Gasteiger partial charge on any atom is -0.362 e. The maximum absolute atomic E-state index is 13.3. The number of hydrogen-bond donors (Lipinski definition) is 1. The molecule has 7 heteroatoms. The zero-order valence-corrected chi connectivity index (χ0v) is 15.5. The van der Waals surface area contributed by atoms with E-state index in [1.807, 2.05) is 0 Å². The number of likely N-dealkylation sites (tertiary alicyclic amines) is 1. The number of anilines is 1. The number of rotatable bonds is 2. The van der Waals surface area contributed by atoms with Crippen molar-refractivity contribution in [1.29, 1.82) is 0 Å². The Balaban J connectivity index is 1.60. The van der Waals surface area contributed by atoms with Crippen molar-refractivity contribution in [2.45, 2.75) is 37.9 Å². The molecular formula is C19H26FN3O3. The molecular weight excluding hydrogens is 337 g/mol. The first kappa shape index (κ1) is 18.6. The molecule has 0 radical (unpaired) electrons. The summed E-state index contributed by atoms with van der Waals surface area (Å²) >= 11 is 0. The number of urea groups is 1. The third-order valence-corrected chi connectivity index (χ3v) is 5.48. The molecule has 2 aliphatic rings. The fourth-order valence-electron chi connectivity index (χ4n) is 3.90. The van der Waals surface area contributed by atoms with Gasteiger partial charge in [0.05, 0.1) is 5.60 Å². The fraction of sp³-hybridized carbons (Fsp3) is 0.579. The largest absolute Gasteiger partial charge is 0.362 e. The van der Waals surface area contributed by atoms with Crippen molar-refractivity contribution in [3.8, 4) is 0 Å². The minimum absolute atomic E-state index is 0.000326. The molecule has 0 saturated carbocycles. The van der Waals surface area contributed by atoms with Crippen LogP contribution in [0.25, 0.3) is 0 Å². The quantitative estimate of drug-likeness (QED) is 0.879. The zero-order valence-electron chi connectivity index (χ0n) is 15.5. The summed E-state index contributed by atoms with van der Waals surface area (Å²) in [6.07, 6.45) is 1.86. The number of hydrogen-bond acceptors (Lipinski definition) is 3. The van der Waals surface area contributed by atoms with Crippen LogP contribution in [-0.4, -0.2) is 60.6 Å². The number of nitrogens with zero attached hydrogens (tertiary/aromatic N) is 2. The Bertz CT molecular complexity index is 696. The SMILES string of the molecule is CC1CN(C(=O)Nc2cccc(F)c2)CCC12CCC(C(=O)N(C)C)O2. The highest BCUT2D eigenvalue weighted by Gasteiger charge is 2.49. The molecule has 1 aromatic carbocycles. The predicted octanol–water partition coefficient (Wildman–Crippen LogP) is 2.71. The van der Waals surface area contributed by atoms with E-state index in [-0.39, 0.29) is 35.4 Å². The summed E-state index contributed by atoms with van der Waals surface area (Å²) in [4.78, 5) is 27.9. The normalized spacial score (nSPS) is 28.2. The first-order valence-corrected chi connectivity index (χ1v) is 9.01. The number of amides is 3. The van der Waals surface area contributed by atoms with Crippen LogP contribution in [0.3, 0.4) is 0 Å². The van der Waals surface area contributed by atoms with Gasteiger partial charge < -0.3 is 19.9 Å². The van der Waals surface area contributed by atoms with Crippen LogP contribution < -0.4 is 5.32 Å². The molecule has 3 unspecified atom stereocenters. The Morgan fingerprint density at radius 1 is 1.35 bits per heavy atom. The summed E-state index contributed by atoms with van der Waals surface area (Å²) in [5.41, 5.74) is 0.100. The van der Waals surface area contributed by atoms with Crippen molar-refractivity contribution >= 4 is 17.6 Å². The smallest absolute Gasteiger partial charge is 0.321 e. The van der Waals surface area contributed by atoms with E-state index in [1.165, 1.54) is 12.1 Å². The third kappa shape index (κ3) is 3.67. The average Bonchev–Trinajstić information content (AvgIpc) is 3.02. The minimum atomic E-state index is -0.389. The first-order chi connectivity index (χ1) is 12.3. The van der Waals surface area contributed by atoms with Crippen molar-refractivity contribution in [1.82, 2.24) is 9.80 Å². The highest BCUT2D eigenvalue weighted by atomic mass is 19.1. The molecule has 1 spiro atoms. The van der Waals surface area contributed by atoms with Crippen molar-refractivity contribution in [3.05, 3.63) is 30.1 Å². The number of ether oxygens (including phenoxy) is 1. The fourth-order valence-corrected chi connectivity index (χ4v) is 3.90. The molecule has 3 atom stereocenters. The molecule has 6 nitrogen and oxygen atoms in total. The number of likely N-dealkylation sites (N-methyl/N-ethyl adjacent to an activating group) is 1. The molecule has 0 aliphatic carbocycles. The number of halogens is 1. The van der Waals surface area contributed by atoms with Crippen molar-refractivity contribution in [2.24, 2.45) is 5.92 Å². The Morgan fingerprint density at radius 3 is 2.77 bits per heavy atom. The molecule has 3 rings (SSSR count). The van der Waals surface area contributed by atoms with Crippen LogP contribution in [0.2, 0.25) is 0 Å². The Labute approximate surface area is 153 Å². The summed E-state index contributed by atoms with van der Waals surface area (Å²) in [5.74, 6) is -0.264. The van der Waals surface area contributed by atoms with Crippen LogP contribution in [0.4, 0.5) is 14.9 Å². The molecule has 3 amide bonds. The molecule has 26 heavy (non-hydrogen) atoms. The van der Waals surface area contributed by atoms with E-state index in [0.717, 1.165) is 12.8 Å². The van der Waals surface area contributed by atoms with Gasteiger partial charge in [-0.25, -0.2) is 9.18 Å². The predicted molar refractivity (Wildman–Crippen MR) is 96.3 cm³/mol. The zero-order chi connectivity index (χ0) is 18.9. The number of nitrogens with one attached hydrogen (secondary N) is 1. The van der Waals surface area contributed by atoms with Gasteiger partial charge in [-0.05, 0) is 37.5 Å². The Hall–Kier alpha value is -2.15. The summed E-state index contributed by atoms with van der Waals surface area (Å²) in [5, 5.41) is 2.74. The van der Waals surface area contributed by atoms with E-state index in [4.69, 9.17) is 4.74 Å². The third-order valence-electron chi connectivity index (χ3n) is 5.48. The molecule has 1 N–H and O–H groups in total. The molecule has 2 fully saturated rings. The maximum Gasteiger partial charge on any atom is 0.321 e. The van der Waals surface area contributed by atoms with E-state index < -0.39 is 0 Å². The van der Waals surface area contributed by atoms with Crippen LogP contribution >= 0.6 is 0 Å². The van der Waals surface area contributed by atoms with E-state index in [1.54, 1.807) is 36.0 Å². The van der Waals surface area contributed by atoms with Gasteiger partial charge in [0, 0.05) is 38.8 Å². The second-order valence-corrected chi connectivity index (χ2v) is 7.48. The van der Waals surface area contributed by atoms with Crippen LogP contribution in [0.5, 0.6) is 0 Å². The van der Waals surface area contributed by atoms with E-state index in [2.05, 4.69) is 12.2 Å². The van der Waals surface area contributed by atoms with E-state index in [0.29, 0.717) is 25.2 Å². The number of carbonyl (C=O) groups is 2. The second kappa shape index (κ2) is 7.23. The lowest BCUT2D eigenvalue weighted by Gasteiger charge is -2.44. The summed E-state index contributed by atoms with van der Waals surface area (Å²) in [6, 6.07) is 5.62. The van der Waals surface area contributed by atoms with Gasteiger partial charge in [0.1, 0.15) is 11.9 Å². The van der Waals surface area contributed by atoms with Gasteiger partial charge in [-0.2, -0.15) is 0 Å². The van der Waals surface area contributed by atoms with Gasteiger partial charge in [-0.15, -0.1) is 0 Å². The van der Waals surface area contributed by atoms with Gasteiger partial charge in [0.2, 0.25) is 0 Å². The highest BCUT2D eigenvalue weighted by Crippen LogP contribution is 2.42. The number of benzene rings is 1. The molecule has 2 heterocycles. The summed E-state index contributed by atoms with van der Waals surface area (Å²) in [7, 11) is 3.47. The lowest BCUT2D eigenvalue weighted by Crippen LogP contribution is -2.53. The molecule has 0 aromatic heterocycles. The lowest BCUT2D eigenvalue weighted by atomic mass is 9.80. The Morgan fingerprint density at radius 2 is 2.12 bits per heavy atom. The van der Waals surface area contributed by atoms with Gasteiger partial charge in [-0.3, -0.25) is 4.79 Å². The van der Waals surface area contributed by atoms with Gasteiger partial charge in [0.15, 0.2) is 0 Å². The first-order valence-electron chi connectivity index (χ1n) is 9.01. The summed E-state index contributed by atoms with van der Waals surface area (Å²) in [6.45, 7) is 3.16. The van der Waals surface area contributed by atoms with Crippen LogP contribution in [0, 0.1) is 11.7 Å². The standard InChI is InChI=1S/C19H26FN3O3/c1-13-12-23(18(25)21-15-6-4-5-14(20)11-15)10-9-19(13)8-7-16(26-19)17(24)22(2)3/h4-6,11,13,16H,7-10,12H2,1-3H3,(H,21,25). The second-order valence-electron chi connectivity index (χ2n) is 7.48. The van der Waals surface area contributed by atoms with Crippen molar-refractivity contribution in [3.63, 3.8) is 0 Å². The van der Waals surface area contributed by atoms with Crippen LogP contribution in [0.15, 0.2) is 24.3 Å². The topological polar surface area (TPSA) is 61.9 Å². The molecule has 1 aromatic rings. The summed E-state index contributed by atoms with van der Waals surface area (Å²) < 4.78 is 19.5. The monoisotopic (exact) mass is 363 g/mol. The molecule has 2 saturated heterocycles. The van der Waals surface area contributed by atoms with Crippen LogP contribution in [-0.2, 0) is 9.53 Å². The Kier molecular flexibility index (Phi) is 5.18. The van der Waals surface area contributed by atoms with Gasteiger partial charge >= 0.3 is 6.03 Å². The van der Waals surface area contributed by atoms with Crippen LogP contribution in [0.1, 0.15) is 26.2 Å². The highest BCUT2D eigenvalue weighted by molar-refractivity contribution is 5.89. The van der Waals surface area contributed by atoms with Crippen molar-refractivity contribution in [2.75, 3.05) is 32.5 Å². The van der Waals surface area contributed by atoms with Crippen molar-refractivity contribution < 1.29 is 18.7 Å². The van der Waals surface area contributed by atoms with Gasteiger partial charge in [-0.1, -0.05) is 13.0 Å². The molecule has 2 aliphatic heterocycles. The van der Waals surface area contributed by atoms with E-state index in [9.17, 15) is 14.0 Å². The van der Waals surface area contributed by atoms with Gasteiger partial charge in [0.25, 0.3) is 5.91 Å². The maximum atomic E-state index is 13.3.